The van der Waals surface area contributed by atoms with E-state index in [9.17, 15) is 13.2 Å². The molecule has 1 saturated carbocycles. The molecule has 1 amide bonds. The Hall–Kier alpha value is -1.11. The summed E-state index contributed by atoms with van der Waals surface area (Å²) in [5.41, 5.74) is -0.402. The van der Waals surface area contributed by atoms with Crippen molar-refractivity contribution >= 4 is 27.5 Å². The number of sulfonamides is 1. The number of carbonyl (C=O) groups is 1. The third-order valence-corrected chi connectivity index (χ3v) is 7.24. The lowest BCUT2D eigenvalue weighted by Crippen LogP contribution is -2.48. The minimum Gasteiger partial charge on any atom is -0.353 e. The van der Waals surface area contributed by atoms with Crippen LogP contribution in [0.15, 0.2) is 23.1 Å². The average molecular weight is 415 g/mol. The Labute approximate surface area is 168 Å². The van der Waals surface area contributed by atoms with Crippen LogP contribution in [0.3, 0.4) is 0 Å². The highest BCUT2D eigenvalue weighted by Crippen LogP contribution is 2.24. The highest BCUT2D eigenvalue weighted by Gasteiger charge is 2.30. The predicted octanol–water partition coefficient (Wildman–Crippen LogP) is 4.32. The molecular formula is C20H31ClN2O3S. The van der Waals surface area contributed by atoms with Crippen molar-refractivity contribution in [2.75, 3.05) is 0 Å². The molecule has 1 aromatic rings. The van der Waals surface area contributed by atoms with Gasteiger partial charge in [0.05, 0.1) is 4.90 Å². The monoisotopic (exact) mass is 414 g/mol. The Kier molecular flexibility index (Phi) is 7.72. The third-order valence-electron chi connectivity index (χ3n) is 4.99. The smallest absolute Gasteiger partial charge is 0.241 e. The second-order valence-electron chi connectivity index (χ2n) is 8.14. The first-order valence-electron chi connectivity index (χ1n) is 9.69. The van der Waals surface area contributed by atoms with Gasteiger partial charge in [-0.05, 0) is 51.3 Å². The summed E-state index contributed by atoms with van der Waals surface area (Å²) in [5, 5.41) is 3.49. The number of benzene rings is 1. The van der Waals surface area contributed by atoms with E-state index in [0.29, 0.717) is 10.6 Å². The van der Waals surface area contributed by atoms with Crippen LogP contribution in [0.25, 0.3) is 0 Å². The number of hydrogen-bond donors (Lipinski definition) is 2. The van der Waals surface area contributed by atoms with Crippen molar-refractivity contribution in [2.24, 2.45) is 0 Å². The molecule has 0 heterocycles. The zero-order valence-corrected chi connectivity index (χ0v) is 18.0. The van der Waals surface area contributed by atoms with Crippen molar-refractivity contribution < 1.29 is 13.2 Å². The second kappa shape index (κ2) is 9.39. The van der Waals surface area contributed by atoms with Crippen molar-refractivity contribution in [2.45, 2.75) is 88.6 Å². The second-order valence-corrected chi connectivity index (χ2v) is 10.2. The van der Waals surface area contributed by atoms with Crippen LogP contribution in [0.5, 0.6) is 0 Å². The molecule has 7 heteroatoms. The maximum Gasteiger partial charge on any atom is 0.241 e. The Balaban J connectivity index is 2.00. The minimum atomic E-state index is -3.77. The molecule has 1 aliphatic rings. The summed E-state index contributed by atoms with van der Waals surface area (Å²) < 4.78 is 28.2. The van der Waals surface area contributed by atoms with E-state index >= 15 is 0 Å². The SMILES string of the molecule is Cc1c(Cl)cccc1S(=O)(=O)NC(C)(C)CC(=O)NC1CCCCCCC1. The first-order chi connectivity index (χ1) is 12.6. The fourth-order valence-corrected chi connectivity index (χ4v) is 5.53. The molecule has 0 unspecified atom stereocenters. The van der Waals surface area contributed by atoms with Gasteiger partial charge in [0.25, 0.3) is 0 Å². The predicted molar refractivity (Wildman–Crippen MR) is 109 cm³/mol. The highest BCUT2D eigenvalue weighted by atomic mass is 35.5. The number of carbonyl (C=O) groups excluding carboxylic acids is 1. The number of hydrogen-bond acceptors (Lipinski definition) is 3. The topological polar surface area (TPSA) is 75.3 Å². The van der Waals surface area contributed by atoms with Crippen LogP contribution in [0.2, 0.25) is 5.02 Å². The number of amides is 1. The van der Waals surface area contributed by atoms with Crippen molar-refractivity contribution in [3.8, 4) is 0 Å². The van der Waals surface area contributed by atoms with Crippen molar-refractivity contribution in [1.82, 2.24) is 10.0 Å². The lowest BCUT2D eigenvalue weighted by molar-refractivity contribution is -0.123. The minimum absolute atomic E-state index is 0.0857. The lowest BCUT2D eigenvalue weighted by atomic mass is 9.96. The highest BCUT2D eigenvalue weighted by molar-refractivity contribution is 7.89. The maximum absolute atomic E-state index is 12.8. The normalized spacial score (nSPS) is 17.2. The summed E-state index contributed by atoms with van der Waals surface area (Å²) >= 11 is 6.05. The van der Waals surface area contributed by atoms with Crippen molar-refractivity contribution in [3.63, 3.8) is 0 Å². The fraction of sp³-hybridized carbons (Fsp3) is 0.650. The van der Waals surface area contributed by atoms with Crippen LogP contribution in [0.4, 0.5) is 0 Å². The van der Waals surface area contributed by atoms with Crippen LogP contribution in [0, 0.1) is 6.92 Å². The van der Waals surface area contributed by atoms with Gasteiger partial charge in [0, 0.05) is 23.0 Å². The van der Waals surface area contributed by atoms with E-state index in [1.165, 1.54) is 25.3 Å². The third kappa shape index (κ3) is 6.77. The van der Waals surface area contributed by atoms with E-state index in [1.54, 1.807) is 32.9 Å². The van der Waals surface area contributed by atoms with Crippen molar-refractivity contribution in [3.05, 3.63) is 28.8 Å². The molecule has 152 valence electrons. The number of rotatable bonds is 6. The molecule has 0 radical (unpaired) electrons. The molecule has 0 saturated heterocycles. The van der Waals surface area contributed by atoms with E-state index in [-0.39, 0.29) is 23.3 Å². The fourth-order valence-electron chi connectivity index (χ4n) is 3.61. The molecule has 27 heavy (non-hydrogen) atoms. The van der Waals surface area contributed by atoms with E-state index in [4.69, 9.17) is 11.6 Å². The van der Waals surface area contributed by atoms with Gasteiger partial charge in [-0.2, -0.15) is 0 Å². The van der Waals surface area contributed by atoms with Crippen molar-refractivity contribution in [1.29, 1.82) is 0 Å². The zero-order chi connectivity index (χ0) is 20.1. The molecule has 2 rings (SSSR count). The standard InChI is InChI=1S/C20H31ClN2O3S/c1-15-17(21)12-9-13-18(15)27(25,26)23-20(2,3)14-19(24)22-16-10-7-5-4-6-8-11-16/h9,12-13,16,23H,4-8,10-11,14H2,1-3H3,(H,22,24). The van der Waals surface area contributed by atoms with Gasteiger partial charge in [0.1, 0.15) is 0 Å². The lowest BCUT2D eigenvalue weighted by Gasteiger charge is -2.28. The Morgan fingerprint density at radius 3 is 2.37 bits per heavy atom. The number of halogens is 1. The van der Waals surface area contributed by atoms with E-state index in [1.807, 2.05) is 0 Å². The summed E-state index contributed by atoms with van der Waals surface area (Å²) in [6.45, 7) is 5.12. The molecule has 1 aliphatic carbocycles. The van der Waals surface area contributed by atoms with E-state index in [2.05, 4.69) is 10.0 Å². The summed E-state index contributed by atoms with van der Waals surface area (Å²) in [6, 6.07) is 4.98. The average Bonchev–Trinajstić information content (AvgIpc) is 2.50. The van der Waals surface area contributed by atoms with Gasteiger partial charge in [0.15, 0.2) is 0 Å². The van der Waals surface area contributed by atoms with Crippen LogP contribution in [-0.2, 0) is 14.8 Å². The molecule has 5 nitrogen and oxygen atoms in total. The quantitative estimate of drug-likeness (QED) is 0.727. The Morgan fingerprint density at radius 2 is 1.74 bits per heavy atom. The molecule has 2 N–H and O–H groups in total. The Morgan fingerprint density at radius 1 is 1.15 bits per heavy atom. The maximum atomic E-state index is 12.8. The Bertz CT molecular complexity index is 754. The van der Waals surface area contributed by atoms with Gasteiger partial charge in [-0.15, -0.1) is 0 Å². The van der Waals surface area contributed by atoms with Gasteiger partial charge in [-0.1, -0.05) is 49.8 Å². The molecule has 0 bridgehead atoms. The largest absolute Gasteiger partial charge is 0.353 e. The first-order valence-corrected chi connectivity index (χ1v) is 11.6. The summed E-state index contributed by atoms with van der Waals surface area (Å²) in [5.74, 6) is -0.115. The van der Waals surface area contributed by atoms with Gasteiger partial charge in [0.2, 0.25) is 15.9 Å². The van der Waals surface area contributed by atoms with E-state index in [0.717, 1.165) is 25.7 Å². The summed E-state index contributed by atoms with van der Waals surface area (Å²) in [6.07, 6.45) is 8.07. The molecule has 1 aromatic carbocycles. The van der Waals surface area contributed by atoms with Crippen LogP contribution in [0.1, 0.15) is 70.8 Å². The van der Waals surface area contributed by atoms with Crippen LogP contribution < -0.4 is 10.0 Å². The molecule has 0 atom stereocenters. The molecule has 0 spiro atoms. The van der Waals surface area contributed by atoms with Gasteiger partial charge >= 0.3 is 0 Å². The molecule has 1 fully saturated rings. The van der Waals surface area contributed by atoms with Gasteiger partial charge in [-0.25, -0.2) is 13.1 Å². The molecule has 0 aromatic heterocycles. The van der Waals surface area contributed by atoms with E-state index < -0.39 is 15.6 Å². The van der Waals surface area contributed by atoms with Crippen LogP contribution in [-0.4, -0.2) is 25.9 Å². The molecule has 0 aliphatic heterocycles. The molecular weight excluding hydrogens is 384 g/mol. The zero-order valence-electron chi connectivity index (χ0n) is 16.5. The number of nitrogens with one attached hydrogen (secondary N) is 2. The summed E-state index contributed by atoms with van der Waals surface area (Å²) in [7, 11) is -3.77. The van der Waals surface area contributed by atoms with Gasteiger partial charge in [-0.3, -0.25) is 4.79 Å². The summed E-state index contributed by atoms with van der Waals surface area (Å²) in [4.78, 5) is 12.6. The van der Waals surface area contributed by atoms with Crippen LogP contribution >= 0.6 is 11.6 Å². The first kappa shape index (κ1) is 22.2. The van der Waals surface area contributed by atoms with Gasteiger partial charge < -0.3 is 5.32 Å².